The van der Waals surface area contributed by atoms with Crippen LogP contribution in [0.4, 0.5) is 8.78 Å². The quantitative estimate of drug-likeness (QED) is 0.346. The van der Waals surface area contributed by atoms with Gasteiger partial charge in [-0.05, 0) is 48.8 Å². The van der Waals surface area contributed by atoms with Gasteiger partial charge in [-0.3, -0.25) is 0 Å². The summed E-state index contributed by atoms with van der Waals surface area (Å²) in [5.41, 5.74) is 0.916. The number of ether oxygens (including phenoxy) is 1. The molecule has 0 amide bonds. The lowest BCUT2D eigenvalue weighted by Gasteiger charge is -2.28. The fourth-order valence-corrected chi connectivity index (χ4v) is 4.58. The number of aryl methyl sites for hydroxylation is 1. The summed E-state index contributed by atoms with van der Waals surface area (Å²) in [6, 6.07) is 6.58. The molecule has 1 aliphatic carbocycles. The number of hydrogen-bond donors (Lipinski definition) is 0. The van der Waals surface area contributed by atoms with Crippen molar-refractivity contribution < 1.29 is 13.5 Å². The lowest BCUT2D eigenvalue weighted by Crippen LogP contribution is -2.15. The van der Waals surface area contributed by atoms with Crippen molar-refractivity contribution in [2.75, 3.05) is 6.61 Å². The summed E-state index contributed by atoms with van der Waals surface area (Å²) in [5.74, 6) is 0.304. The van der Waals surface area contributed by atoms with Crippen molar-refractivity contribution in [1.82, 2.24) is 10.2 Å². The molecule has 1 saturated carbocycles. The smallest absolute Gasteiger partial charge is 0.233 e. The minimum atomic E-state index is -0.839. The summed E-state index contributed by atoms with van der Waals surface area (Å²) in [6.45, 7) is 4.80. The van der Waals surface area contributed by atoms with Crippen LogP contribution in [0, 0.1) is 23.5 Å². The van der Waals surface area contributed by atoms with Crippen molar-refractivity contribution in [3.05, 3.63) is 41.5 Å². The first-order valence-corrected chi connectivity index (χ1v) is 12.1. The number of aromatic nitrogens is 2. The van der Waals surface area contributed by atoms with Crippen LogP contribution < -0.4 is 4.74 Å². The summed E-state index contributed by atoms with van der Waals surface area (Å²) in [4.78, 5) is 0. The maximum atomic E-state index is 14.7. The van der Waals surface area contributed by atoms with Gasteiger partial charge in [0.25, 0.3) is 0 Å². The van der Waals surface area contributed by atoms with E-state index in [4.69, 9.17) is 4.74 Å². The molecular formula is C26H36F2N2O. The van der Waals surface area contributed by atoms with Gasteiger partial charge >= 0.3 is 0 Å². The Bertz CT molecular complexity index is 802. The van der Waals surface area contributed by atoms with Crippen LogP contribution >= 0.6 is 0 Å². The second kappa shape index (κ2) is 12.1. The molecule has 31 heavy (non-hydrogen) atoms. The molecule has 0 unspecified atom stereocenters. The van der Waals surface area contributed by atoms with E-state index in [1.165, 1.54) is 51.4 Å². The van der Waals surface area contributed by atoms with Crippen molar-refractivity contribution in [2.24, 2.45) is 11.8 Å². The van der Waals surface area contributed by atoms with Crippen molar-refractivity contribution in [3.63, 3.8) is 0 Å². The van der Waals surface area contributed by atoms with Gasteiger partial charge in [0, 0.05) is 11.6 Å². The molecule has 0 N–H and O–H groups in total. The molecule has 5 heteroatoms. The number of hydrogen-bond acceptors (Lipinski definition) is 3. The third-order valence-corrected chi connectivity index (χ3v) is 6.54. The standard InChI is InChI=1S/C26H36F2N2O/c1-3-5-6-7-19-8-10-20(11-9-19)12-13-21-14-15-22(26(28)25(21)27)23-16-17-24(30-29-23)31-18-4-2/h14-17,19-20H,3-13,18H2,1-2H3/t19-,20-. The van der Waals surface area contributed by atoms with E-state index < -0.39 is 11.6 Å². The number of halogens is 2. The summed E-state index contributed by atoms with van der Waals surface area (Å²) >= 11 is 0. The number of nitrogens with zero attached hydrogens (tertiary/aromatic N) is 2. The van der Waals surface area contributed by atoms with Gasteiger partial charge in [0.2, 0.25) is 5.88 Å². The number of unbranched alkanes of at least 4 members (excludes halogenated alkanes) is 2. The second-order valence-corrected chi connectivity index (χ2v) is 8.93. The van der Waals surface area contributed by atoms with Crippen LogP contribution in [0.1, 0.15) is 83.6 Å². The molecule has 0 aliphatic heterocycles. The Labute approximate surface area is 185 Å². The molecule has 170 valence electrons. The van der Waals surface area contributed by atoms with E-state index in [-0.39, 0.29) is 5.56 Å². The third kappa shape index (κ3) is 6.72. The highest BCUT2D eigenvalue weighted by Gasteiger charge is 2.22. The Morgan fingerprint density at radius 3 is 2.23 bits per heavy atom. The number of rotatable bonds is 11. The zero-order chi connectivity index (χ0) is 22.1. The highest BCUT2D eigenvalue weighted by molar-refractivity contribution is 5.60. The number of benzene rings is 1. The first-order chi connectivity index (χ1) is 15.1. The van der Waals surface area contributed by atoms with Crippen LogP contribution in [0.25, 0.3) is 11.3 Å². The van der Waals surface area contributed by atoms with E-state index in [2.05, 4.69) is 17.1 Å². The molecule has 0 spiro atoms. The van der Waals surface area contributed by atoms with Crippen LogP contribution in [0.5, 0.6) is 5.88 Å². The maximum absolute atomic E-state index is 14.7. The summed E-state index contributed by atoms with van der Waals surface area (Å²) < 4.78 is 34.9. The predicted molar refractivity (Wildman–Crippen MR) is 121 cm³/mol. The topological polar surface area (TPSA) is 35.0 Å². The Morgan fingerprint density at radius 2 is 1.58 bits per heavy atom. The highest BCUT2D eigenvalue weighted by atomic mass is 19.2. The molecule has 3 rings (SSSR count). The average Bonchev–Trinajstić information content (AvgIpc) is 2.80. The largest absolute Gasteiger partial charge is 0.477 e. The van der Waals surface area contributed by atoms with Gasteiger partial charge in [0.1, 0.15) is 0 Å². The van der Waals surface area contributed by atoms with Gasteiger partial charge in [-0.25, -0.2) is 8.78 Å². The normalized spacial score (nSPS) is 18.8. The van der Waals surface area contributed by atoms with Crippen molar-refractivity contribution in [1.29, 1.82) is 0 Å². The summed E-state index contributed by atoms with van der Waals surface area (Å²) in [5, 5.41) is 7.96. The molecule has 2 aromatic rings. The fourth-order valence-electron chi connectivity index (χ4n) is 4.58. The van der Waals surface area contributed by atoms with Crippen LogP contribution in [-0.4, -0.2) is 16.8 Å². The van der Waals surface area contributed by atoms with Crippen molar-refractivity contribution in [3.8, 4) is 17.1 Å². The third-order valence-electron chi connectivity index (χ3n) is 6.54. The molecular weight excluding hydrogens is 394 g/mol. The highest BCUT2D eigenvalue weighted by Crippen LogP contribution is 2.35. The summed E-state index contributed by atoms with van der Waals surface area (Å²) in [6.07, 6.45) is 12.7. The first-order valence-electron chi connectivity index (χ1n) is 12.1. The Kier molecular flexibility index (Phi) is 9.23. The lowest BCUT2D eigenvalue weighted by molar-refractivity contribution is 0.248. The van der Waals surface area contributed by atoms with Crippen LogP contribution in [0.3, 0.4) is 0 Å². The molecule has 3 nitrogen and oxygen atoms in total. The van der Waals surface area contributed by atoms with Crippen molar-refractivity contribution in [2.45, 2.75) is 84.5 Å². The fraction of sp³-hybridized carbons (Fsp3) is 0.615. The molecule has 0 radical (unpaired) electrons. The zero-order valence-corrected chi connectivity index (χ0v) is 19.0. The van der Waals surface area contributed by atoms with E-state index in [1.54, 1.807) is 24.3 Å². The lowest BCUT2D eigenvalue weighted by atomic mass is 9.77. The molecule has 0 atom stereocenters. The van der Waals surface area contributed by atoms with E-state index in [0.717, 1.165) is 18.8 Å². The van der Waals surface area contributed by atoms with Crippen LogP contribution in [0.15, 0.2) is 24.3 Å². The SMILES string of the molecule is CCCCC[C@H]1CC[C@H](CCc2ccc(-c3ccc(OCCC)nn3)c(F)c2F)CC1. The van der Waals surface area contributed by atoms with Gasteiger partial charge in [0.05, 0.1) is 12.3 Å². The van der Waals surface area contributed by atoms with E-state index in [1.807, 2.05) is 6.92 Å². The molecule has 0 saturated heterocycles. The Morgan fingerprint density at radius 1 is 0.839 bits per heavy atom. The molecule has 0 bridgehead atoms. The molecule has 1 aromatic heterocycles. The van der Waals surface area contributed by atoms with E-state index >= 15 is 0 Å². The second-order valence-electron chi connectivity index (χ2n) is 8.93. The van der Waals surface area contributed by atoms with Crippen LogP contribution in [0.2, 0.25) is 0 Å². The van der Waals surface area contributed by atoms with Gasteiger partial charge in [-0.1, -0.05) is 71.3 Å². The minimum absolute atomic E-state index is 0.142. The Balaban J connectivity index is 1.54. The monoisotopic (exact) mass is 430 g/mol. The predicted octanol–water partition coefficient (Wildman–Crippen LogP) is 7.53. The first kappa shape index (κ1) is 23.6. The molecule has 1 aromatic carbocycles. The maximum Gasteiger partial charge on any atom is 0.233 e. The van der Waals surface area contributed by atoms with Crippen LogP contribution in [-0.2, 0) is 6.42 Å². The van der Waals surface area contributed by atoms with Gasteiger partial charge in [-0.15, -0.1) is 10.2 Å². The van der Waals surface area contributed by atoms with Gasteiger partial charge in [0.15, 0.2) is 11.6 Å². The van der Waals surface area contributed by atoms with E-state index in [0.29, 0.717) is 36.1 Å². The summed E-state index contributed by atoms with van der Waals surface area (Å²) in [7, 11) is 0. The van der Waals surface area contributed by atoms with Crippen molar-refractivity contribution >= 4 is 0 Å². The minimum Gasteiger partial charge on any atom is -0.477 e. The van der Waals surface area contributed by atoms with Gasteiger partial charge in [-0.2, -0.15) is 0 Å². The molecule has 1 heterocycles. The van der Waals surface area contributed by atoms with Gasteiger partial charge < -0.3 is 4.74 Å². The molecule has 1 aliphatic rings. The van der Waals surface area contributed by atoms with E-state index in [9.17, 15) is 8.78 Å². The Hall–Kier alpha value is -2.04. The average molecular weight is 431 g/mol. The molecule has 1 fully saturated rings. The zero-order valence-electron chi connectivity index (χ0n) is 19.0.